The van der Waals surface area contributed by atoms with Gasteiger partial charge < -0.3 is 15.4 Å². The van der Waals surface area contributed by atoms with E-state index in [4.69, 9.17) is 10.5 Å². The van der Waals surface area contributed by atoms with E-state index in [0.717, 1.165) is 6.42 Å². The summed E-state index contributed by atoms with van der Waals surface area (Å²) in [4.78, 5) is 36.3. The summed E-state index contributed by atoms with van der Waals surface area (Å²) < 4.78 is 5.20. The molecule has 1 atom stereocenters. The molecule has 1 saturated heterocycles. The normalized spacial score (nSPS) is 24.7. The summed E-state index contributed by atoms with van der Waals surface area (Å²) in [6, 6.07) is -0.577. The van der Waals surface area contributed by atoms with Crippen LogP contribution in [0.5, 0.6) is 0 Å². The SMILES string of the molecule is NC(=O)C1(OC(=O)C2CCCN2C(=O)CBr)CC1. The quantitative estimate of drug-likeness (QED) is 0.580. The van der Waals surface area contributed by atoms with Gasteiger partial charge >= 0.3 is 5.97 Å². The maximum atomic E-state index is 12.0. The van der Waals surface area contributed by atoms with Crippen molar-refractivity contribution >= 4 is 33.7 Å². The van der Waals surface area contributed by atoms with Crippen molar-refractivity contribution in [3.63, 3.8) is 0 Å². The minimum Gasteiger partial charge on any atom is -0.447 e. The van der Waals surface area contributed by atoms with Gasteiger partial charge in [0.2, 0.25) is 5.91 Å². The van der Waals surface area contributed by atoms with E-state index in [-0.39, 0.29) is 11.2 Å². The predicted molar refractivity (Wildman–Crippen MR) is 65.8 cm³/mol. The zero-order chi connectivity index (χ0) is 13.3. The van der Waals surface area contributed by atoms with E-state index in [2.05, 4.69) is 15.9 Å². The topological polar surface area (TPSA) is 89.7 Å². The number of primary amides is 1. The van der Waals surface area contributed by atoms with Gasteiger partial charge in [-0.3, -0.25) is 9.59 Å². The van der Waals surface area contributed by atoms with Crippen molar-refractivity contribution in [3.05, 3.63) is 0 Å². The number of esters is 1. The molecule has 6 nitrogen and oxygen atoms in total. The zero-order valence-corrected chi connectivity index (χ0v) is 11.4. The molecule has 2 aliphatic rings. The lowest BCUT2D eigenvalue weighted by atomic mass is 10.2. The molecule has 0 aromatic rings. The Morgan fingerprint density at radius 3 is 2.56 bits per heavy atom. The molecular weight excluding hydrogens is 304 g/mol. The summed E-state index contributed by atoms with van der Waals surface area (Å²) in [5, 5.41) is 0.178. The molecule has 0 aromatic carbocycles. The number of hydrogen-bond acceptors (Lipinski definition) is 4. The van der Waals surface area contributed by atoms with Crippen molar-refractivity contribution in [1.29, 1.82) is 0 Å². The Kier molecular flexibility index (Phi) is 3.61. The highest BCUT2D eigenvalue weighted by molar-refractivity contribution is 9.09. The van der Waals surface area contributed by atoms with Crippen LogP contribution in [0, 0.1) is 0 Å². The third-order valence-electron chi connectivity index (χ3n) is 3.41. The zero-order valence-electron chi connectivity index (χ0n) is 9.86. The van der Waals surface area contributed by atoms with Crippen LogP contribution in [0.25, 0.3) is 0 Å². The Labute approximate surface area is 113 Å². The summed E-state index contributed by atoms with van der Waals surface area (Å²) >= 11 is 3.08. The lowest BCUT2D eigenvalue weighted by Crippen LogP contribution is -2.45. The Hall–Kier alpha value is -1.11. The number of carbonyl (C=O) groups excluding carboxylic acids is 3. The molecule has 1 heterocycles. The van der Waals surface area contributed by atoms with E-state index in [9.17, 15) is 14.4 Å². The highest BCUT2D eigenvalue weighted by atomic mass is 79.9. The number of nitrogens with zero attached hydrogens (tertiary/aromatic N) is 1. The van der Waals surface area contributed by atoms with E-state index in [1.807, 2.05) is 0 Å². The van der Waals surface area contributed by atoms with Gasteiger partial charge in [0, 0.05) is 19.4 Å². The Balaban J connectivity index is 2.00. The molecule has 0 bridgehead atoms. The lowest BCUT2D eigenvalue weighted by Gasteiger charge is -2.24. The van der Waals surface area contributed by atoms with Crippen LogP contribution in [-0.2, 0) is 19.1 Å². The number of ether oxygens (including phenoxy) is 1. The fraction of sp³-hybridized carbons (Fsp3) is 0.727. The summed E-state index contributed by atoms with van der Waals surface area (Å²) in [7, 11) is 0. The molecule has 100 valence electrons. The first-order chi connectivity index (χ1) is 8.50. The third kappa shape index (κ3) is 2.36. The van der Waals surface area contributed by atoms with Crippen LogP contribution in [0.4, 0.5) is 0 Å². The summed E-state index contributed by atoms with van der Waals surface area (Å²) in [6.07, 6.45) is 2.30. The van der Waals surface area contributed by atoms with Crippen molar-refractivity contribution in [2.45, 2.75) is 37.3 Å². The molecular formula is C11H15BrN2O4. The Morgan fingerprint density at radius 2 is 2.06 bits per heavy atom. The Bertz CT molecular complexity index is 395. The number of amides is 2. The van der Waals surface area contributed by atoms with Crippen molar-refractivity contribution in [2.24, 2.45) is 5.73 Å². The van der Waals surface area contributed by atoms with Gasteiger partial charge in [-0.25, -0.2) is 4.79 Å². The maximum Gasteiger partial charge on any atom is 0.329 e. The molecule has 18 heavy (non-hydrogen) atoms. The van der Waals surface area contributed by atoms with Crippen molar-refractivity contribution < 1.29 is 19.1 Å². The van der Waals surface area contributed by atoms with E-state index < -0.39 is 23.5 Å². The number of carbonyl (C=O) groups is 3. The first-order valence-corrected chi connectivity index (χ1v) is 7.00. The molecule has 2 fully saturated rings. The second-order valence-corrected chi connectivity index (χ2v) is 5.22. The summed E-state index contributed by atoms with van der Waals surface area (Å²) in [5.74, 6) is -1.26. The second kappa shape index (κ2) is 4.87. The molecule has 1 aliphatic carbocycles. The highest BCUT2D eigenvalue weighted by Gasteiger charge is 2.54. The van der Waals surface area contributed by atoms with Crippen LogP contribution in [0.2, 0.25) is 0 Å². The number of likely N-dealkylation sites (tertiary alicyclic amines) is 1. The molecule has 2 amide bonds. The average Bonchev–Trinajstić information content (AvgIpc) is 2.95. The second-order valence-electron chi connectivity index (χ2n) is 4.66. The van der Waals surface area contributed by atoms with Gasteiger partial charge in [0.1, 0.15) is 6.04 Å². The minimum absolute atomic E-state index is 0.140. The largest absolute Gasteiger partial charge is 0.447 e. The fourth-order valence-corrected chi connectivity index (χ4v) is 2.48. The van der Waals surface area contributed by atoms with Crippen LogP contribution in [0.3, 0.4) is 0 Å². The molecule has 1 aliphatic heterocycles. The maximum absolute atomic E-state index is 12.0. The van der Waals surface area contributed by atoms with Crippen LogP contribution in [-0.4, -0.2) is 46.2 Å². The van der Waals surface area contributed by atoms with Gasteiger partial charge in [-0.2, -0.15) is 0 Å². The van der Waals surface area contributed by atoms with Gasteiger partial charge in [-0.05, 0) is 12.8 Å². The van der Waals surface area contributed by atoms with Gasteiger partial charge in [-0.1, -0.05) is 15.9 Å². The molecule has 7 heteroatoms. The van der Waals surface area contributed by atoms with E-state index in [1.165, 1.54) is 4.90 Å². The van der Waals surface area contributed by atoms with Crippen LogP contribution in [0.1, 0.15) is 25.7 Å². The number of rotatable bonds is 4. The first-order valence-electron chi connectivity index (χ1n) is 5.88. The molecule has 0 spiro atoms. The Morgan fingerprint density at radius 1 is 1.39 bits per heavy atom. The van der Waals surface area contributed by atoms with Gasteiger partial charge in [-0.15, -0.1) is 0 Å². The number of alkyl halides is 1. The number of nitrogens with two attached hydrogens (primary N) is 1. The van der Waals surface area contributed by atoms with Crippen LogP contribution >= 0.6 is 15.9 Å². The molecule has 2 rings (SSSR count). The van der Waals surface area contributed by atoms with Gasteiger partial charge in [0.05, 0.1) is 5.33 Å². The van der Waals surface area contributed by atoms with Crippen molar-refractivity contribution in [1.82, 2.24) is 4.90 Å². The predicted octanol–water partition coefficient (Wildman–Crippen LogP) is -0.0666. The number of hydrogen-bond donors (Lipinski definition) is 1. The molecule has 0 radical (unpaired) electrons. The third-order valence-corrected chi connectivity index (χ3v) is 3.89. The summed E-state index contributed by atoms with van der Waals surface area (Å²) in [5.41, 5.74) is 4.09. The van der Waals surface area contributed by atoms with Crippen LogP contribution in [0.15, 0.2) is 0 Å². The van der Waals surface area contributed by atoms with E-state index in [0.29, 0.717) is 25.8 Å². The fourth-order valence-electron chi connectivity index (χ4n) is 2.16. The number of halogens is 1. The van der Waals surface area contributed by atoms with Crippen LogP contribution < -0.4 is 5.73 Å². The van der Waals surface area contributed by atoms with Gasteiger partial charge in [0.15, 0.2) is 5.60 Å². The molecule has 1 unspecified atom stereocenters. The van der Waals surface area contributed by atoms with Gasteiger partial charge in [0.25, 0.3) is 5.91 Å². The average molecular weight is 319 g/mol. The first kappa shape index (κ1) is 13.3. The molecule has 0 aromatic heterocycles. The summed E-state index contributed by atoms with van der Waals surface area (Å²) in [6.45, 7) is 0.549. The molecule has 1 saturated carbocycles. The minimum atomic E-state index is -1.11. The van der Waals surface area contributed by atoms with E-state index in [1.54, 1.807) is 0 Å². The smallest absolute Gasteiger partial charge is 0.329 e. The highest BCUT2D eigenvalue weighted by Crippen LogP contribution is 2.40. The van der Waals surface area contributed by atoms with Crippen molar-refractivity contribution in [2.75, 3.05) is 11.9 Å². The monoisotopic (exact) mass is 318 g/mol. The molecule has 2 N–H and O–H groups in total. The van der Waals surface area contributed by atoms with Crippen molar-refractivity contribution in [3.8, 4) is 0 Å². The lowest BCUT2D eigenvalue weighted by molar-refractivity contribution is -0.163. The standard InChI is InChI=1S/C11H15BrN2O4/c12-6-8(15)14-5-1-2-7(14)9(16)18-11(3-4-11)10(13)17/h7H,1-6H2,(H2,13,17). The van der Waals surface area contributed by atoms with E-state index >= 15 is 0 Å².